The first-order chi connectivity index (χ1) is 9.26. The lowest BCUT2D eigenvalue weighted by molar-refractivity contribution is 0.657. The van der Waals surface area contributed by atoms with E-state index in [4.69, 9.17) is 0 Å². The van der Waals surface area contributed by atoms with Crippen LogP contribution in [-0.2, 0) is 0 Å². The maximum Gasteiger partial charge on any atom is 0.258 e. The molecule has 100 valence electrons. The molecule has 8 nitrogen and oxygen atoms in total. The molecular weight excluding hydrogens is 244 g/mol. The SMILES string of the molecule is CNc1nc(N2CCC(C)C2)nc(-n2cncn2)n1. The first-order valence-electron chi connectivity index (χ1n) is 6.30. The van der Waals surface area contributed by atoms with Gasteiger partial charge in [0.25, 0.3) is 5.95 Å². The Morgan fingerprint density at radius 1 is 1.26 bits per heavy atom. The Labute approximate surface area is 110 Å². The topological polar surface area (TPSA) is 84.7 Å². The van der Waals surface area contributed by atoms with E-state index in [1.54, 1.807) is 13.4 Å². The molecule has 0 bridgehead atoms. The third kappa shape index (κ3) is 2.33. The van der Waals surface area contributed by atoms with Gasteiger partial charge in [-0.3, -0.25) is 0 Å². The van der Waals surface area contributed by atoms with Crippen molar-refractivity contribution in [3.8, 4) is 5.95 Å². The second-order valence-corrected chi connectivity index (χ2v) is 4.69. The van der Waals surface area contributed by atoms with E-state index < -0.39 is 0 Å². The molecule has 8 heteroatoms. The molecule has 0 aromatic carbocycles. The molecule has 1 atom stereocenters. The van der Waals surface area contributed by atoms with Gasteiger partial charge < -0.3 is 10.2 Å². The van der Waals surface area contributed by atoms with Crippen molar-refractivity contribution in [2.45, 2.75) is 13.3 Å². The normalized spacial score (nSPS) is 18.8. The zero-order valence-electron chi connectivity index (χ0n) is 11.0. The van der Waals surface area contributed by atoms with E-state index in [1.165, 1.54) is 17.4 Å². The number of nitrogens with zero attached hydrogens (tertiary/aromatic N) is 7. The van der Waals surface area contributed by atoms with Gasteiger partial charge in [0.1, 0.15) is 12.7 Å². The molecule has 0 aliphatic carbocycles. The Bertz CT molecular complexity index is 552. The zero-order valence-corrected chi connectivity index (χ0v) is 11.0. The van der Waals surface area contributed by atoms with Crippen LogP contribution in [0.1, 0.15) is 13.3 Å². The number of hydrogen-bond donors (Lipinski definition) is 1. The van der Waals surface area contributed by atoms with E-state index >= 15 is 0 Å². The van der Waals surface area contributed by atoms with Crippen molar-refractivity contribution < 1.29 is 0 Å². The molecule has 0 amide bonds. The summed E-state index contributed by atoms with van der Waals surface area (Å²) in [6.45, 7) is 4.19. The van der Waals surface area contributed by atoms with Gasteiger partial charge in [-0.2, -0.15) is 24.7 Å². The van der Waals surface area contributed by atoms with Gasteiger partial charge in [-0.1, -0.05) is 6.92 Å². The Morgan fingerprint density at radius 3 is 2.74 bits per heavy atom. The quantitative estimate of drug-likeness (QED) is 0.851. The summed E-state index contributed by atoms with van der Waals surface area (Å²) in [5.74, 6) is 2.38. The molecule has 0 radical (unpaired) electrons. The standard InChI is InChI=1S/C11H16N8/c1-8-3-4-18(5-8)10-15-9(12-2)16-11(17-10)19-7-13-6-14-19/h6-8H,3-5H2,1-2H3,(H,12,15,16,17). The van der Waals surface area contributed by atoms with Gasteiger partial charge in [0.05, 0.1) is 0 Å². The fourth-order valence-corrected chi connectivity index (χ4v) is 2.14. The first-order valence-corrected chi connectivity index (χ1v) is 6.30. The molecule has 1 fully saturated rings. The molecule has 0 saturated carbocycles. The summed E-state index contributed by atoms with van der Waals surface area (Å²) in [5, 5.41) is 7.01. The minimum Gasteiger partial charge on any atom is -0.357 e. The van der Waals surface area contributed by atoms with E-state index in [-0.39, 0.29) is 0 Å². The predicted molar refractivity (Wildman–Crippen MR) is 70.3 cm³/mol. The highest BCUT2D eigenvalue weighted by Crippen LogP contribution is 2.21. The number of nitrogens with one attached hydrogen (secondary N) is 1. The Hall–Kier alpha value is -2.25. The van der Waals surface area contributed by atoms with Crippen molar-refractivity contribution in [2.24, 2.45) is 5.92 Å². The molecule has 19 heavy (non-hydrogen) atoms. The summed E-state index contributed by atoms with van der Waals surface area (Å²) >= 11 is 0. The largest absolute Gasteiger partial charge is 0.357 e. The lowest BCUT2D eigenvalue weighted by Gasteiger charge is -2.16. The Kier molecular flexibility index (Phi) is 2.98. The van der Waals surface area contributed by atoms with E-state index in [9.17, 15) is 0 Å². The van der Waals surface area contributed by atoms with Crippen LogP contribution in [0.25, 0.3) is 5.95 Å². The van der Waals surface area contributed by atoms with Crippen LogP contribution in [0.2, 0.25) is 0 Å². The summed E-state index contributed by atoms with van der Waals surface area (Å²) in [6.07, 6.45) is 4.20. The van der Waals surface area contributed by atoms with Gasteiger partial charge in [0.2, 0.25) is 11.9 Å². The molecule has 3 heterocycles. The number of rotatable bonds is 3. The van der Waals surface area contributed by atoms with Crippen LogP contribution in [0.5, 0.6) is 0 Å². The smallest absolute Gasteiger partial charge is 0.258 e. The number of hydrogen-bond acceptors (Lipinski definition) is 7. The third-order valence-corrected chi connectivity index (χ3v) is 3.17. The minimum atomic E-state index is 0.478. The lowest BCUT2D eigenvalue weighted by Crippen LogP contribution is -2.23. The van der Waals surface area contributed by atoms with Gasteiger partial charge in [-0.15, -0.1) is 0 Å². The van der Waals surface area contributed by atoms with E-state index in [0.717, 1.165) is 13.1 Å². The minimum absolute atomic E-state index is 0.478. The van der Waals surface area contributed by atoms with Gasteiger partial charge in [-0.05, 0) is 12.3 Å². The van der Waals surface area contributed by atoms with E-state index in [0.29, 0.717) is 23.8 Å². The van der Waals surface area contributed by atoms with Gasteiger partial charge in [0, 0.05) is 20.1 Å². The van der Waals surface area contributed by atoms with E-state index in [1.807, 2.05) is 0 Å². The van der Waals surface area contributed by atoms with Crippen molar-refractivity contribution in [3.05, 3.63) is 12.7 Å². The average molecular weight is 260 g/mol. The Balaban J connectivity index is 1.98. The monoisotopic (exact) mass is 260 g/mol. The van der Waals surface area contributed by atoms with Crippen molar-refractivity contribution in [3.63, 3.8) is 0 Å². The highest BCUT2D eigenvalue weighted by atomic mass is 15.4. The van der Waals surface area contributed by atoms with Crippen LogP contribution in [0.15, 0.2) is 12.7 Å². The fourth-order valence-electron chi connectivity index (χ4n) is 2.14. The van der Waals surface area contributed by atoms with E-state index in [2.05, 4.69) is 42.2 Å². The molecule has 1 aliphatic rings. The third-order valence-electron chi connectivity index (χ3n) is 3.17. The van der Waals surface area contributed by atoms with Crippen molar-refractivity contribution in [1.29, 1.82) is 0 Å². The van der Waals surface area contributed by atoms with Crippen molar-refractivity contribution >= 4 is 11.9 Å². The zero-order chi connectivity index (χ0) is 13.2. The lowest BCUT2D eigenvalue weighted by atomic mass is 10.2. The fraction of sp³-hybridized carbons (Fsp3) is 0.545. The number of anilines is 2. The summed E-state index contributed by atoms with van der Waals surface area (Å²) in [7, 11) is 1.79. The van der Waals surface area contributed by atoms with Crippen LogP contribution in [0.3, 0.4) is 0 Å². The highest BCUT2D eigenvalue weighted by Gasteiger charge is 2.22. The highest BCUT2D eigenvalue weighted by molar-refractivity contribution is 5.40. The van der Waals surface area contributed by atoms with Crippen LogP contribution in [0.4, 0.5) is 11.9 Å². The van der Waals surface area contributed by atoms with Crippen molar-refractivity contribution in [1.82, 2.24) is 29.7 Å². The van der Waals surface area contributed by atoms with Crippen molar-refractivity contribution in [2.75, 3.05) is 30.4 Å². The molecule has 1 N–H and O–H groups in total. The molecule has 2 aromatic rings. The molecule has 3 rings (SSSR count). The number of aromatic nitrogens is 6. The summed E-state index contributed by atoms with van der Waals surface area (Å²) in [5.41, 5.74) is 0. The van der Waals surface area contributed by atoms with Gasteiger partial charge >= 0.3 is 0 Å². The van der Waals surface area contributed by atoms with Crippen LogP contribution < -0.4 is 10.2 Å². The van der Waals surface area contributed by atoms with Crippen LogP contribution in [0, 0.1) is 5.92 Å². The average Bonchev–Trinajstić information content (AvgIpc) is 3.09. The van der Waals surface area contributed by atoms with Crippen LogP contribution in [-0.4, -0.2) is 49.9 Å². The van der Waals surface area contributed by atoms with Gasteiger partial charge in [-0.25, -0.2) is 4.98 Å². The molecule has 1 unspecified atom stereocenters. The molecular formula is C11H16N8. The van der Waals surface area contributed by atoms with Crippen LogP contribution >= 0.6 is 0 Å². The molecule has 2 aromatic heterocycles. The first kappa shape index (κ1) is 11.8. The summed E-state index contributed by atoms with van der Waals surface area (Å²) < 4.78 is 1.53. The summed E-state index contributed by atoms with van der Waals surface area (Å²) in [4.78, 5) is 19.2. The second-order valence-electron chi connectivity index (χ2n) is 4.69. The Morgan fingerprint density at radius 2 is 2.11 bits per heavy atom. The molecule has 1 aliphatic heterocycles. The summed E-state index contributed by atoms with van der Waals surface area (Å²) in [6, 6.07) is 0. The molecule has 0 spiro atoms. The maximum atomic E-state index is 4.46. The van der Waals surface area contributed by atoms with Gasteiger partial charge in [0.15, 0.2) is 0 Å². The molecule has 1 saturated heterocycles. The predicted octanol–water partition coefficient (Wildman–Crippen LogP) is 0.340. The second kappa shape index (κ2) is 4.79. The maximum absolute atomic E-state index is 4.46.